The third-order valence-electron chi connectivity index (χ3n) is 7.03. The van der Waals surface area contributed by atoms with Crippen molar-refractivity contribution in [3.63, 3.8) is 0 Å². The lowest BCUT2D eigenvalue weighted by Crippen LogP contribution is -2.49. The Morgan fingerprint density at radius 2 is 1.51 bits per heavy atom. The number of nitrogens with one attached hydrogen (secondary N) is 1. The minimum Gasteiger partial charge on any atom is -0.276 e. The number of imide groups is 1. The average Bonchev–Trinajstić information content (AvgIpc) is 3.23. The highest BCUT2D eigenvalue weighted by molar-refractivity contribution is 8.13. The van der Waals surface area contributed by atoms with E-state index in [1.807, 2.05) is 0 Å². The molecule has 1 aliphatic heterocycles. The van der Waals surface area contributed by atoms with E-state index in [0.717, 1.165) is 48.8 Å². The molecule has 1 N–H and O–H groups in total. The number of carbonyl (C=O) groups excluding carboxylic acids is 3. The Kier molecular flexibility index (Phi) is 10.1. The standard InChI is InChI=1S/C28H29F2N5O7S/c1-2-3-4-5-6-9-14-43-28(42)34-16-20(30)25(39)35(27(34)41)21(33-15-19(29)22(36)31-26(33)40)12-13-32-23(37)17-10-7-8-11-18(17)24(32)38/h7-8,10-11,15-16,21H,2-6,9,12-14H2,1H3,(H,31,36,40). The number of aromatic nitrogens is 4. The summed E-state index contributed by atoms with van der Waals surface area (Å²) in [5, 5.41) is -0.884. The molecule has 0 bridgehead atoms. The van der Waals surface area contributed by atoms with Crippen LogP contribution in [-0.4, -0.2) is 52.9 Å². The topological polar surface area (TPSA) is 153 Å². The zero-order chi connectivity index (χ0) is 31.3. The summed E-state index contributed by atoms with van der Waals surface area (Å²) in [4.78, 5) is 92.0. The normalized spacial score (nSPS) is 13.4. The summed E-state index contributed by atoms with van der Waals surface area (Å²) < 4.78 is 30.3. The Hall–Kier alpha value is -4.40. The number of hydrogen-bond acceptors (Lipinski definition) is 8. The summed E-state index contributed by atoms with van der Waals surface area (Å²) in [6, 6.07) is 5.96. The maximum absolute atomic E-state index is 14.9. The molecule has 3 aromatic rings. The van der Waals surface area contributed by atoms with E-state index >= 15 is 0 Å². The van der Waals surface area contributed by atoms with Crippen molar-refractivity contribution in [2.45, 2.75) is 58.0 Å². The van der Waals surface area contributed by atoms with Crippen molar-refractivity contribution >= 4 is 28.8 Å². The fraction of sp³-hybridized carbons (Fsp3) is 0.393. The summed E-state index contributed by atoms with van der Waals surface area (Å²) in [6.07, 6.45) is 4.16. The van der Waals surface area contributed by atoms with Gasteiger partial charge in [-0.25, -0.2) is 18.7 Å². The van der Waals surface area contributed by atoms with Gasteiger partial charge in [0.25, 0.3) is 28.2 Å². The lowest BCUT2D eigenvalue weighted by atomic mass is 10.1. The second-order valence-electron chi connectivity index (χ2n) is 9.91. The van der Waals surface area contributed by atoms with Gasteiger partial charge in [-0.1, -0.05) is 62.9 Å². The molecule has 2 amide bonds. The SMILES string of the molecule is CCCCCCCCSC(=O)n1cc(F)c(=O)n(C(CCN2C(=O)c3ccccc3C2=O)n2cc(F)c(=O)[nH]c2=O)c1=O. The Morgan fingerprint density at radius 3 is 2.16 bits per heavy atom. The van der Waals surface area contributed by atoms with E-state index in [1.54, 1.807) is 17.1 Å². The number of benzene rings is 1. The van der Waals surface area contributed by atoms with Crippen LogP contribution in [0.1, 0.15) is 78.8 Å². The predicted octanol–water partition coefficient (Wildman–Crippen LogP) is 2.93. The Balaban J connectivity index is 1.68. The van der Waals surface area contributed by atoms with Crippen LogP contribution in [0.25, 0.3) is 0 Å². The van der Waals surface area contributed by atoms with Crippen LogP contribution in [0.3, 0.4) is 0 Å². The third-order valence-corrected chi connectivity index (χ3v) is 7.97. The molecule has 1 unspecified atom stereocenters. The highest BCUT2D eigenvalue weighted by Crippen LogP contribution is 2.24. The molecule has 4 rings (SSSR count). The van der Waals surface area contributed by atoms with Gasteiger partial charge < -0.3 is 0 Å². The largest absolute Gasteiger partial charge is 0.340 e. The van der Waals surface area contributed by atoms with Crippen LogP contribution in [0.4, 0.5) is 13.6 Å². The van der Waals surface area contributed by atoms with Gasteiger partial charge in [-0.15, -0.1) is 0 Å². The maximum atomic E-state index is 14.9. The first-order valence-corrected chi connectivity index (χ1v) is 14.7. The minimum atomic E-state index is -1.85. The summed E-state index contributed by atoms with van der Waals surface area (Å²) >= 11 is 0.742. The monoisotopic (exact) mass is 617 g/mol. The molecule has 0 spiro atoms. The molecule has 43 heavy (non-hydrogen) atoms. The molecule has 0 fully saturated rings. The van der Waals surface area contributed by atoms with Crippen LogP contribution in [0.15, 0.2) is 55.8 Å². The number of fused-ring (bicyclic) bond motifs is 1. The molecule has 15 heteroatoms. The zero-order valence-corrected chi connectivity index (χ0v) is 24.0. The lowest BCUT2D eigenvalue weighted by molar-refractivity contribution is 0.0642. The number of unbranched alkanes of at least 4 members (excludes halogenated alkanes) is 5. The van der Waals surface area contributed by atoms with Gasteiger partial charge in [-0.05, 0) is 18.6 Å². The molecule has 228 valence electrons. The first-order chi connectivity index (χ1) is 20.6. The Bertz CT molecular complexity index is 1760. The average molecular weight is 618 g/mol. The number of aromatic amines is 1. The summed E-state index contributed by atoms with van der Waals surface area (Å²) in [5.41, 5.74) is -5.31. The van der Waals surface area contributed by atoms with Crippen LogP contribution in [0.2, 0.25) is 0 Å². The quantitative estimate of drug-likeness (QED) is 0.241. The molecule has 0 radical (unpaired) electrons. The second-order valence-corrected chi connectivity index (χ2v) is 11.0. The third kappa shape index (κ3) is 6.66. The molecule has 2 aromatic heterocycles. The van der Waals surface area contributed by atoms with Crippen LogP contribution < -0.4 is 22.5 Å². The van der Waals surface area contributed by atoms with E-state index in [9.17, 15) is 42.3 Å². The number of hydrogen-bond donors (Lipinski definition) is 1. The van der Waals surface area contributed by atoms with Gasteiger partial charge in [0.15, 0.2) is 0 Å². The molecular formula is C28H29F2N5O7S. The molecule has 1 aromatic carbocycles. The van der Waals surface area contributed by atoms with Gasteiger partial charge in [0, 0.05) is 18.7 Å². The van der Waals surface area contributed by atoms with Crippen molar-refractivity contribution in [2.75, 3.05) is 12.3 Å². The molecule has 12 nitrogen and oxygen atoms in total. The van der Waals surface area contributed by atoms with Crippen molar-refractivity contribution in [3.8, 4) is 0 Å². The minimum absolute atomic E-state index is 0.106. The van der Waals surface area contributed by atoms with Crippen LogP contribution in [0.5, 0.6) is 0 Å². The van der Waals surface area contributed by atoms with Gasteiger partial charge >= 0.3 is 11.4 Å². The number of nitrogens with zero attached hydrogens (tertiary/aromatic N) is 4. The number of rotatable bonds is 12. The van der Waals surface area contributed by atoms with E-state index in [2.05, 4.69) is 6.92 Å². The predicted molar refractivity (Wildman–Crippen MR) is 154 cm³/mol. The number of amides is 2. The van der Waals surface area contributed by atoms with Gasteiger partial charge in [0.05, 0.1) is 23.5 Å². The number of thioether (sulfide) groups is 1. The summed E-state index contributed by atoms with van der Waals surface area (Å²) in [5.74, 6) is -4.03. The molecule has 0 saturated heterocycles. The summed E-state index contributed by atoms with van der Waals surface area (Å²) in [7, 11) is 0. The van der Waals surface area contributed by atoms with Crippen molar-refractivity contribution < 1.29 is 23.2 Å². The highest BCUT2D eigenvalue weighted by atomic mass is 32.2. The second kappa shape index (κ2) is 13.7. The van der Waals surface area contributed by atoms with E-state index in [0.29, 0.717) is 33.7 Å². The highest BCUT2D eigenvalue weighted by Gasteiger charge is 2.36. The maximum Gasteiger partial charge on any atom is 0.340 e. The van der Waals surface area contributed by atoms with Crippen molar-refractivity contribution in [3.05, 3.63) is 101 Å². The van der Waals surface area contributed by atoms with Crippen LogP contribution >= 0.6 is 11.8 Å². The van der Waals surface area contributed by atoms with Gasteiger partial charge in [0.2, 0.25) is 11.6 Å². The first kappa shape index (κ1) is 31.5. The Labute approximate surface area is 247 Å². The van der Waals surface area contributed by atoms with Crippen molar-refractivity contribution in [2.24, 2.45) is 0 Å². The number of H-pyrrole nitrogens is 1. The smallest absolute Gasteiger partial charge is 0.276 e. The summed E-state index contributed by atoms with van der Waals surface area (Å²) in [6.45, 7) is 1.59. The van der Waals surface area contributed by atoms with E-state index in [-0.39, 0.29) is 15.7 Å². The van der Waals surface area contributed by atoms with Crippen molar-refractivity contribution in [1.82, 2.24) is 23.6 Å². The van der Waals surface area contributed by atoms with Gasteiger partial charge in [0.1, 0.15) is 6.17 Å². The molecule has 3 heterocycles. The first-order valence-electron chi connectivity index (χ1n) is 13.7. The van der Waals surface area contributed by atoms with Crippen LogP contribution in [0, 0.1) is 11.6 Å². The number of carbonyl (C=O) groups is 3. The van der Waals surface area contributed by atoms with E-state index in [1.165, 1.54) is 12.1 Å². The molecule has 0 aliphatic carbocycles. The molecule has 1 aliphatic rings. The zero-order valence-electron chi connectivity index (χ0n) is 23.2. The van der Waals surface area contributed by atoms with Gasteiger partial charge in [-0.2, -0.15) is 8.78 Å². The molecular weight excluding hydrogens is 588 g/mol. The van der Waals surface area contributed by atoms with Crippen molar-refractivity contribution in [1.29, 1.82) is 0 Å². The van der Waals surface area contributed by atoms with Crippen LogP contribution in [-0.2, 0) is 0 Å². The Morgan fingerprint density at radius 1 is 0.884 bits per heavy atom. The fourth-order valence-corrected chi connectivity index (χ4v) is 5.60. The fourth-order valence-electron chi connectivity index (χ4n) is 4.81. The number of halogens is 2. The van der Waals surface area contributed by atoms with E-state index < -0.39 is 70.3 Å². The van der Waals surface area contributed by atoms with E-state index in [4.69, 9.17) is 0 Å². The molecule has 0 saturated carbocycles. The molecule has 1 atom stereocenters. The van der Waals surface area contributed by atoms with Gasteiger partial charge in [-0.3, -0.25) is 38.4 Å². The lowest BCUT2D eigenvalue weighted by Gasteiger charge is -2.24.